The highest BCUT2D eigenvalue weighted by atomic mass is 32.2. The van der Waals surface area contributed by atoms with Crippen molar-refractivity contribution in [3.05, 3.63) is 39.9 Å². The lowest BCUT2D eigenvalue weighted by Crippen LogP contribution is -2.29. The van der Waals surface area contributed by atoms with Crippen LogP contribution >= 0.6 is 0 Å². The van der Waals surface area contributed by atoms with Crippen LogP contribution in [0.15, 0.2) is 24.3 Å². The molecule has 0 saturated carbocycles. The summed E-state index contributed by atoms with van der Waals surface area (Å²) in [5, 5.41) is 27.6. The lowest BCUT2D eigenvalue weighted by atomic mass is 9.87. The molecule has 0 aromatic heterocycles. The zero-order valence-corrected chi connectivity index (χ0v) is 10.7. The van der Waals surface area contributed by atoms with E-state index in [-0.39, 0.29) is 24.3 Å². The van der Waals surface area contributed by atoms with Gasteiger partial charge in [0, 0.05) is 18.7 Å². The van der Waals surface area contributed by atoms with Crippen molar-refractivity contribution < 1.29 is 23.4 Å². The monoisotopic (exact) mass is 288 g/mol. The molecule has 19 heavy (non-hydrogen) atoms. The molecule has 0 spiro atoms. The molecular formula is C9H13BN2O6S. The van der Waals surface area contributed by atoms with E-state index in [9.17, 15) is 18.5 Å². The van der Waals surface area contributed by atoms with E-state index < -0.39 is 22.1 Å². The second-order valence-electron chi connectivity index (χ2n) is 3.85. The number of nitrogens with one attached hydrogen (secondary N) is 1. The molecule has 0 radical (unpaired) electrons. The van der Waals surface area contributed by atoms with E-state index in [0.717, 1.165) is 0 Å². The van der Waals surface area contributed by atoms with Crippen molar-refractivity contribution in [2.24, 2.45) is 0 Å². The topological polar surface area (TPSA) is 130 Å². The molecule has 0 aliphatic carbocycles. The lowest BCUT2D eigenvalue weighted by molar-refractivity contribution is -0.384. The Morgan fingerprint density at radius 3 is 2.32 bits per heavy atom. The number of non-ortho nitro benzene ring substituents is 1. The van der Waals surface area contributed by atoms with Gasteiger partial charge in [0.2, 0.25) is 10.0 Å². The van der Waals surface area contributed by atoms with E-state index >= 15 is 0 Å². The first-order valence-corrected chi connectivity index (χ1v) is 7.02. The van der Waals surface area contributed by atoms with Crippen molar-refractivity contribution in [2.45, 2.75) is 12.1 Å². The fraction of sp³-hybridized carbons (Fsp3) is 0.333. The second-order valence-corrected chi connectivity index (χ2v) is 5.65. The molecule has 104 valence electrons. The summed E-state index contributed by atoms with van der Waals surface area (Å²) in [5.74, 6) is -0.327. The van der Waals surface area contributed by atoms with Gasteiger partial charge >= 0.3 is 7.12 Å². The third-order valence-electron chi connectivity index (χ3n) is 2.23. The number of sulfonamides is 1. The smallest absolute Gasteiger partial charge is 0.427 e. The number of nitro groups is 1. The summed E-state index contributed by atoms with van der Waals surface area (Å²) in [6, 6.07) is 5.17. The number of nitro benzene ring substituents is 1. The highest BCUT2D eigenvalue weighted by Crippen LogP contribution is 2.13. The van der Waals surface area contributed by atoms with Crippen LogP contribution in [0.4, 0.5) is 5.69 Å². The summed E-state index contributed by atoms with van der Waals surface area (Å²) >= 11 is 0. The van der Waals surface area contributed by atoms with Crippen LogP contribution < -0.4 is 4.72 Å². The summed E-state index contributed by atoms with van der Waals surface area (Å²) in [5.41, 5.74) is 0.292. The van der Waals surface area contributed by atoms with Gasteiger partial charge in [0.1, 0.15) is 0 Å². The van der Waals surface area contributed by atoms with Crippen molar-refractivity contribution in [1.82, 2.24) is 4.72 Å². The van der Waals surface area contributed by atoms with E-state index in [0.29, 0.717) is 5.56 Å². The molecule has 8 nitrogen and oxygen atoms in total. The van der Waals surface area contributed by atoms with Crippen LogP contribution in [0.2, 0.25) is 6.32 Å². The first kappa shape index (κ1) is 15.6. The summed E-state index contributed by atoms with van der Waals surface area (Å²) in [7, 11) is -5.17. The van der Waals surface area contributed by atoms with Crippen molar-refractivity contribution in [3.63, 3.8) is 0 Å². The molecule has 0 atom stereocenters. The van der Waals surface area contributed by atoms with Gasteiger partial charge in [0.15, 0.2) is 0 Å². The molecule has 1 aromatic rings. The standard InChI is InChI=1S/C9H13BN2O6S/c13-10(14)5-6-11-19(17,18)7-8-1-3-9(4-2-8)12(15)16/h1-4,11,13-14H,5-7H2. The first-order valence-electron chi connectivity index (χ1n) is 5.37. The third kappa shape index (κ3) is 5.79. The van der Waals surface area contributed by atoms with Crippen LogP contribution in [-0.4, -0.2) is 37.1 Å². The van der Waals surface area contributed by atoms with Crippen LogP contribution in [0.25, 0.3) is 0 Å². The Morgan fingerprint density at radius 2 is 1.84 bits per heavy atom. The van der Waals surface area contributed by atoms with Crippen LogP contribution in [0.1, 0.15) is 5.56 Å². The van der Waals surface area contributed by atoms with Crippen LogP contribution in [0.5, 0.6) is 0 Å². The molecule has 0 amide bonds. The van der Waals surface area contributed by atoms with Crippen molar-refractivity contribution in [2.75, 3.05) is 6.54 Å². The predicted molar refractivity (Wildman–Crippen MR) is 68.7 cm³/mol. The number of hydrogen-bond donors (Lipinski definition) is 3. The minimum atomic E-state index is -3.61. The molecule has 0 aliphatic rings. The van der Waals surface area contributed by atoms with Crippen molar-refractivity contribution >= 4 is 22.8 Å². The summed E-state index contributed by atoms with van der Waals surface area (Å²) in [4.78, 5) is 9.86. The van der Waals surface area contributed by atoms with Crippen molar-refractivity contribution in [1.29, 1.82) is 0 Å². The molecule has 0 unspecified atom stereocenters. The van der Waals surface area contributed by atoms with Crippen LogP contribution in [0, 0.1) is 10.1 Å². The van der Waals surface area contributed by atoms with Gasteiger partial charge in [-0.1, -0.05) is 12.1 Å². The molecule has 0 bridgehead atoms. The average molecular weight is 288 g/mol. The molecule has 1 rings (SSSR count). The summed E-state index contributed by atoms with van der Waals surface area (Å²) in [6.07, 6.45) is -0.112. The molecule has 0 saturated heterocycles. The van der Waals surface area contributed by atoms with Gasteiger partial charge < -0.3 is 10.0 Å². The Labute approximate surface area is 110 Å². The molecule has 0 fully saturated rings. The average Bonchev–Trinajstić information content (AvgIpc) is 2.28. The van der Waals surface area contributed by atoms with E-state index in [2.05, 4.69) is 4.72 Å². The maximum atomic E-state index is 11.6. The molecule has 0 heterocycles. The van der Waals surface area contributed by atoms with Crippen LogP contribution in [-0.2, 0) is 15.8 Å². The Morgan fingerprint density at radius 1 is 1.26 bits per heavy atom. The molecule has 1 aromatic carbocycles. The Bertz CT molecular complexity index is 530. The fourth-order valence-electron chi connectivity index (χ4n) is 1.33. The minimum absolute atomic E-state index is 0.0903. The number of rotatable bonds is 7. The van der Waals surface area contributed by atoms with Gasteiger partial charge in [-0.05, 0) is 11.9 Å². The molecular weight excluding hydrogens is 275 g/mol. The molecule has 3 N–H and O–H groups in total. The third-order valence-corrected chi connectivity index (χ3v) is 3.59. The van der Waals surface area contributed by atoms with Gasteiger partial charge in [-0.3, -0.25) is 10.1 Å². The van der Waals surface area contributed by atoms with E-state index in [1.807, 2.05) is 0 Å². The highest BCUT2D eigenvalue weighted by molar-refractivity contribution is 7.88. The summed E-state index contributed by atoms with van der Waals surface area (Å²) in [6.45, 7) is -0.0903. The predicted octanol–water partition coefficient (Wildman–Crippen LogP) is -0.513. The fourth-order valence-corrected chi connectivity index (χ4v) is 2.49. The highest BCUT2D eigenvalue weighted by Gasteiger charge is 2.14. The van der Waals surface area contributed by atoms with E-state index in [4.69, 9.17) is 10.0 Å². The largest absolute Gasteiger partial charge is 0.452 e. The molecule has 0 aliphatic heterocycles. The van der Waals surface area contributed by atoms with Gasteiger partial charge in [0.25, 0.3) is 5.69 Å². The van der Waals surface area contributed by atoms with Gasteiger partial charge in [-0.2, -0.15) is 0 Å². The Kier molecular flexibility index (Phi) is 5.42. The zero-order valence-electron chi connectivity index (χ0n) is 9.89. The number of nitrogens with zero attached hydrogens (tertiary/aromatic N) is 1. The maximum absolute atomic E-state index is 11.6. The van der Waals surface area contributed by atoms with Crippen molar-refractivity contribution in [3.8, 4) is 0 Å². The van der Waals surface area contributed by atoms with Gasteiger partial charge in [0.05, 0.1) is 10.7 Å². The van der Waals surface area contributed by atoms with Gasteiger partial charge in [-0.25, -0.2) is 13.1 Å². The Hall–Kier alpha value is -1.49. The zero-order chi connectivity index (χ0) is 14.5. The Balaban J connectivity index is 2.60. The number of benzene rings is 1. The maximum Gasteiger partial charge on any atom is 0.452 e. The first-order chi connectivity index (χ1) is 8.80. The van der Waals surface area contributed by atoms with E-state index in [1.165, 1.54) is 24.3 Å². The minimum Gasteiger partial charge on any atom is -0.427 e. The lowest BCUT2D eigenvalue weighted by Gasteiger charge is -2.06. The SMILES string of the molecule is O=[N+]([O-])c1ccc(CS(=O)(=O)NCCB(O)O)cc1. The molecule has 10 heteroatoms. The summed E-state index contributed by atoms with van der Waals surface area (Å²) < 4.78 is 25.4. The number of hydrogen-bond acceptors (Lipinski definition) is 6. The van der Waals surface area contributed by atoms with E-state index in [1.54, 1.807) is 0 Å². The normalized spacial score (nSPS) is 11.3. The quantitative estimate of drug-likeness (QED) is 0.352. The van der Waals surface area contributed by atoms with Crippen LogP contribution in [0.3, 0.4) is 0 Å². The second kappa shape index (κ2) is 6.61. The van der Waals surface area contributed by atoms with Gasteiger partial charge in [-0.15, -0.1) is 0 Å².